The van der Waals surface area contributed by atoms with Gasteiger partial charge in [-0.2, -0.15) is 0 Å². The molecule has 3 rings (SSSR count). The minimum Gasteiger partial charge on any atom is -0.469 e. The van der Waals surface area contributed by atoms with Gasteiger partial charge in [-0.1, -0.05) is 36.4 Å². The van der Waals surface area contributed by atoms with Crippen molar-refractivity contribution in [3.8, 4) is 0 Å². The van der Waals surface area contributed by atoms with Crippen LogP contribution in [-0.2, 0) is 9.53 Å². The van der Waals surface area contributed by atoms with E-state index in [4.69, 9.17) is 0 Å². The lowest BCUT2D eigenvalue weighted by molar-refractivity contribution is -0.140. The lowest BCUT2D eigenvalue weighted by Crippen LogP contribution is -2.10. The number of para-hydroxylation sites is 2. The molecule has 0 saturated carbocycles. The summed E-state index contributed by atoms with van der Waals surface area (Å²) in [4.78, 5) is 15.9. The Morgan fingerprint density at radius 3 is 2.19 bits per heavy atom. The topological polar surface area (TPSA) is 51.2 Å². The second-order valence-electron chi connectivity index (χ2n) is 4.77. The molecule has 0 aliphatic carbocycles. The van der Waals surface area contributed by atoms with Crippen LogP contribution in [0.2, 0.25) is 0 Å². The molecule has 4 heteroatoms. The quantitative estimate of drug-likeness (QED) is 0.588. The van der Waals surface area contributed by atoms with Crippen molar-refractivity contribution in [1.29, 1.82) is 0 Å². The number of methoxy groups -OCH3 is 1. The Morgan fingerprint density at radius 1 is 1.05 bits per heavy atom. The van der Waals surface area contributed by atoms with Crippen LogP contribution in [0.1, 0.15) is 6.42 Å². The summed E-state index contributed by atoms with van der Waals surface area (Å²) in [5, 5.41) is 5.47. The second kappa shape index (κ2) is 5.79. The third-order valence-electron chi connectivity index (χ3n) is 3.45. The number of aromatic nitrogens is 1. The molecule has 0 spiro atoms. The van der Waals surface area contributed by atoms with Gasteiger partial charge in [0.05, 0.1) is 30.3 Å². The van der Waals surface area contributed by atoms with E-state index in [-0.39, 0.29) is 5.97 Å². The molecule has 0 atom stereocenters. The standard InChI is InChI=1S/C17H16N2O2/c1-21-16(20)10-11-18-17-12-6-2-4-8-14(12)19-15-9-5-3-7-13(15)17/h2-9H,10-11H2,1H3,(H,18,19). The van der Waals surface area contributed by atoms with E-state index >= 15 is 0 Å². The molecular formula is C17H16N2O2. The Labute approximate surface area is 122 Å². The van der Waals surface area contributed by atoms with Crippen molar-refractivity contribution in [2.45, 2.75) is 6.42 Å². The zero-order valence-electron chi connectivity index (χ0n) is 11.8. The van der Waals surface area contributed by atoms with E-state index in [0.29, 0.717) is 13.0 Å². The van der Waals surface area contributed by atoms with Gasteiger partial charge < -0.3 is 10.1 Å². The van der Waals surface area contributed by atoms with E-state index in [1.807, 2.05) is 48.5 Å². The zero-order valence-corrected chi connectivity index (χ0v) is 11.8. The Bertz CT molecular complexity index is 745. The Morgan fingerprint density at radius 2 is 1.62 bits per heavy atom. The van der Waals surface area contributed by atoms with Gasteiger partial charge in [0.2, 0.25) is 0 Å². The summed E-state index contributed by atoms with van der Waals surface area (Å²) >= 11 is 0. The first-order chi connectivity index (χ1) is 10.3. The predicted octanol–water partition coefficient (Wildman–Crippen LogP) is 3.36. The van der Waals surface area contributed by atoms with Crippen LogP contribution in [0.3, 0.4) is 0 Å². The average molecular weight is 280 g/mol. The van der Waals surface area contributed by atoms with Crippen molar-refractivity contribution < 1.29 is 9.53 Å². The molecule has 0 aliphatic heterocycles. The van der Waals surface area contributed by atoms with Gasteiger partial charge in [-0.3, -0.25) is 4.79 Å². The number of benzene rings is 2. The van der Waals surface area contributed by atoms with Crippen LogP contribution in [0.25, 0.3) is 21.8 Å². The van der Waals surface area contributed by atoms with Crippen LogP contribution in [-0.4, -0.2) is 24.6 Å². The molecule has 2 aromatic carbocycles. The number of nitrogens with zero attached hydrogens (tertiary/aromatic N) is 1. The first kappa shape index (κ1) is 13.4. The Kier molecular flexibility index (Phi) is 3.69. The molecule has 4 nitrogen and oxygen atoms in total. The number of pyridine rings is 1. The van der Waals surface area contributed by atoms with Gasteiger partial charge in [0.25, 0.3) is 0 Å². The number of ether oxygens (including phenoxy) is 1. The number of hydrogen-bond donors (Lipinski definition) is 1. The summed E-state index contributed by atoms with van der Waals surface area (Å²) in [6.45, 7) is 0.532. The highest BCUT2D eigenvalue weighted by atomic mass is 16.5. The monoisotopic (exact) mass is 280 g/mol. The zero-order chi connectivity index (χ0) is 14.7. The molecule has 1 N–H and O–H groups in total. The van der Waals surface area contributed by atoms with Crippen molar-refractivity contribution in [3.05, 3.63) is 48.5 Å². The second-order valence-corrected chi connectivity index (χ2v) is 4.77. The normalized spacial score (nSPS) is 10.7. The molecule has 0 bridgehead atoms. The molecule has 1 aromatic heterocycles. The van der Waals surface area contributed by atoms with Gasteiger partial charge in [-0.05, 0) is 12.1 Å². The van der Waals surface area contributed by atoms with Crippen molar-refractivity contribution in [3.63, 3.8) is 0 Å². The van der Waals surface area contributed by atoms with Gasteiger partial charge >= 0.3 is 5.97 Å². The summed E-state index contributed by atoms with van der Waals surface area (Å²) in [5.74, 6) is -0.217. The van der Waals surface area contributed by atoms with E-state index in [9.17, 15) is 4.79 Å². The smallest absolute Gasteiger partial charge is 0.307 e. The van der Waals surface area contributed by atoms with Gasteiger partial charge in [0.1, 0.15) is 0 Å². The Hall–Kier alpha value is -2.62. The number of anilines is 1. The molecule has 106 valence electrons. The van der Waals surface area contributed by atoms with Crippen LogP contribution in [0, 0.1) is 0 Å². The highest BCUT2D eigenvalue weighted by molar-refractivity contribution is 6.07. The van der Waals surface area contributed by atoms with Gasteiger partial charge in [0.15, 0.2) is 0 Å². The van der Waals surface area contributed by atoms with Gasteiger partial charge in [-0.15, -0.1) is 0 Å². The van der Waals surface area contributed by atoms with Gasteiger partial charge in [0, 0.05) is 17.3 Å². The fourth-order valence-electron chi connectivity index (χ4n) is 2.42. The molecule has 3 aromatic rings. The van der Waals surface area contributed by atoms with Crippen LogP contribution in [0.4, 0.5) is 5.69 Å². The van der Waals surface area contributed by atoms with Crippen molar-refractivity contribution in [1.82, 2.24) is 4.98 Å². The fraction of sp³-hybridized carbons (Fsp3) is 0.176. The first-order valence-electron chi connectivity index (χ1n) is 6.88. The van der Waals surface area contributed by atoms with Gasteiger partial charge in [-0.25, -0.2) is 4.98 Å². The van der Waals surface area contributed by atoms with E-state index < -0.39 is 0 Å². The van der Waals surface area contributed by atoms with E-state index in [1.54, 1.807) is 0 Å². The highest BCUT2D eigenvalue weighted by Crippen LogP contribution is 2.30. The maximum absolute atomic E-state index is 11.3. The minimum absolute atomic E-state index is 0.217. The van der Waals surface area contributed by atoms with Crippen LogP contribution in [0.15, 0.2) is 48.5 Å². The lowest BCUT2D eigenvalue weighted by Gasteiger charge is -2.12. The fourth-order valence-corrected chi connectivity index (χ4v) is 2.42. The number of rotatable bonds is 4. The molecule has 0 aliphatic rings. The Balaban J connectivity index is 2.05. The summed E-state index contributed by atoms with van der Waals surface area (Å²) < 4.78 is 4.67. The molecule has 1 heterocycles. The third kappa shape index (κ3) is 2.65. The third-order valence-corrected chi connectivity index (χ3v) is 3.45. The first-order valence-corrected chi connectivity index (χ1v) is 6.88. The van der Waals surface area contributed by atoms with E-state index in [0.717, 1.165) is 27.5 Å². The van der Waals surface area contributed by atoms with Crippen molar-refractivity contribution >= 4 is 33.5 Å². The summed E-state index contributed by atoms with van der Waals surface area (Å²) in [6, 6.07) is 16.0. The molecule has 0 saturated heterocycles. The van der Waals surface area contributed by atoms with Crippen molar-refractivity contribution in [2.75, 3.05) is 19.0 Å². The van der Waals surface area contributed by atoms with Crippen LogP contribution in [0.5, 0.6) is 0 Å². The number of esters is 1. The molecule has 0 fully saturated rings. The molecule has 0 amide bonds. The average Bonchev–Trinajstić information content (AvgIpc) is 2.54. The number of nitrogens with one attached hydrogen (secondary N) is 1. The van der Waals surface area contributed by atoms with Crippen LogP contribution >= 0.6 is 0 Å². The van der Waals surface area contributed by atoms with E-state index in [1.165, 1.54) is 7.11 Å². The number of hydrogen-bond acceptors (Lipinski definition) is 4. The summed E-state index contributed by atoms with van der Waals surface area (Å²) in [6.07, 6.45) is 0.335. The largest absolute Gasteiger partial charge is 0.469 e. The lowest BCUT2D eigenvalue weighted by atomic mass is 10.1. The maximum atomic E-state index is 11.3. The highest BCUT2D eigenvalue weighted by Gasteiger charge is 2.08. The molecule has 21 heavy (non-hydrogen) atoms. The number of carbonyl (C=O) groups is 1. The van der Waals surface area contributed by atoms with Crippen molar-refractivity contribution in [2.24, 2.45) is 0 Å². The SMILES string of the molecule is COC(=O)CCNc1c2ccccc2nc2ccccc12. The number of fused-ring (bicyclic) bond motifs is 2. The summed E-state index contributed by atoms with van der Waals surface area (Å²) in [7, 11) is 1.40. The molecule has 0 radical (unpaired) electrons. The molecule has 0 unspecified atom stereocenters. The predicted molar refractivity (Wildman–Crippen MR) is 84.4 cm³/mol. The maximum Gasteiger partial charge on any atom is 0.307 e. The van der Waals surface area contributed by atoms with Crippen LogP contribution < -0.4 is 5.32 Å². The minimum atomic E-state index is -0.217. The molecular weight excluding hydrogens is 264 g/mol. The van der Waals surface area contributed by atoms with E-state index in [2.05, 4.69) is 15.0 Å². The number of carbonyl (C=O) groups excluding carboxylic acids is 1. The summed E-state index contributed by atoms with van der Waals surface area (Å²) in [5.41, 5.74) is 2.90.